The normalized spacial score (nSPS) is 15.7. The Balaban J connectivity index is 1.38. The van der Waals surface area contributed by atoms with E-state index in [2.05, 4.69) is 22.1 Å². The van der Waals surface area contributed by atoms with Crippen molar-refractivity contribution >= 4 is 11.3 Å². The first kappa shape index (κ1) is 11.1. The maximum atomic E-state index is 5.53. The lowest BCUT2D eigenvalue weighted by molar-refractivity contribution is 0.126. The van der Waals surface area contributed by atoms with Crippen molar-refractivity contribution in [2.75, 3.05) is 26.3 Å². The molecule has 0 bridgehead atoms. The van der Waals surface area contributed by atoms with Gasteiger partial charge in [0.15, 0.2) is 0 Å². The minimum absolute atomic E-state index is 0.861. The lowest BCUT2D eigenvalue weighted by atomic mass is 10.2. The van der Waals surface area contributed by atoms with E-state index in [1.807, 2.05) is 0 Å². The summed E-state index contributed by atoms with van der Waals surface area (Å²) >= 11 is 1.77. The van der Waals surface area contributed by atoms with Crippen LogP contribution in [0.15, 0.2) is 16.8 Å². The Bertz CT molecular complexity index is 257. The second kappa shape index (κ2) is 6.26. The molecule has 0 spiro atoms. The van der Waals surface area contributed by atoms with Crippen LogP contribution >= 0.6 is 11.3 Å². The van der Waals surface area contributed by atoms with Crippen molar-refractivity contribution in [1.29, 1.82) is 0 Å². The molecular weight excluding hydrogens is 206 g/mol. The second-order valence-corrected chi connectivity index (χ2v) is 4.93. The van der Waals surface area contributed by atoms with E-state index in [-0.39, 0.29) is 0 Å². The predicted octanol–water partition coefficient (Wildman–Crippen LogP) is 2.31. The number of hydrogen-bond acceptors (Lipinski definition) is 3. The molecule has 15 heavy (non-hydrogen) atoms. The lowest BCUT2D eigenvalue weighted by Crippen LogP contribution is -2.22. The third kappa shape index (κ3) is 4.78. The first-order valence-electron chi connectivity index (χ1n) is 5.74. The highest BCUT2D eigenvalue weighted by Crippen LogP contribution is 2.28. The highest BCUT2D eigenvalue weighted by molar-refractivity contribution is 7.07. The molecule has 2 rings (SSSR count). The Labute approximate surface area is 95.6 Å². The molecule has 0 radical (unpaired) electrons. The minimum Gasteiger partial charge on any atom is -0.380 e. The Morgan fingerprint density at radius 2 is 2.33 bits per heavy atom. The average molecular weight is 225 g/mol. The van der Waals surface area contributed by atoms with Crippen molar-refractivity contribution in [2.24, 2.45) is 5.92 Å². The first-order valence-corrected chi connectivity index (χ1v) is 6.69. The molecule has 1 saturated carbocycles. The fraction of sp³-hybridized carbons (Fsp3) is 0.667. The molecule has 0 aromatic carbocycles. The molecule has 1 fully saturated rings. The number of rotatable bonds is 8. The largest absolute Gasteiger partial charge is 0.380 e. The molecule has 1 aromatic rings. The van der Waals surface area contributed by atoms with Gasteiger partial charge in [0.1, 0.15) is 0 Å². The highest BCUT2D eigenvalue weighted by atomic mass is 32.1. The fourth-order valence-electron chi connectivity index (χ4n) is 1.47. The summed E-state index contributed by atoms with van der Waals surface area (Å²) in [7, 11) is 0. The van der Waals surface area contributed by atoms with Crippen molar-refractivity contribution in [2.45, 2.75) is 19.3 Å². The van der Waals surface area contributed by atoms with Gasteiger partial charge in [0, 0.05) is 13.2 Å². The van der Waals surface area contributed by atoms with Crippen LogP contribution in [0.4, 0.5) is 0 Å². The second-order valence-electron chi connectivity index (χ2n) is 4.15. The van der Waals surface area contributed by atoms with E-state index >= 15 is 0 Å². The molecule has 1 N–H and O–H groups in total. The Morgan fingerprint density at radius 1 is 1.40 bits per heavy atom. The molecule has 3 heteroatoms. The van der Waals surface area contributed by atoms with Gasteiger partial charge in [0.05, 0.1) is 6.61 Å². The van der Waals surface area contributed by atoms with Gasteiger partial charge in [-0.1, -0.05) is 0 Å². The molecule has 0 atom stereocenters. The van der Waals surface area contributed by atoms with Gasteiger partial charge in [0.2, 0.25) is 0 Å². The number of nitrogens with one attached hydrogen (secondary N) is 1. The molecule has 0 aliphatic heterocycles. The van der Waals surface area contributed by atoms with Gasteiger partial charge in [-0.05, 0) is 54.1 Å². The molecule has 1 aromatic heterocycles. The summed E-state index contributed by atoms with van der Waals surface area (Å²) in [5.74, 6) is 0.885. The summed E-state index contributed by atoms with van der Waals surface area (Å²) in [4.78, 5) is 0. The smallest absolute Gasteiger partial charge is 0.0591 e. The lowest BCUT2D eigenvalue weighted by Gasteiger charge is -2.04. The van der Waals surface area contributed by atoms with Crippen molar-refractivity contribution < 1.29 is 4.74 Å². The predicted molar refractivity (Wildman–Crippen MR) is 64.4 cm³/mol. The van der Waals surface area contributed by atoms with Crippen LogP contribution in [0.1, 0.15) is 18.4 Å². The van der Waals surface area contributed by atoms with E-state index in [1.54, 1.807) is 11.3 Å². The summed E-state index contributed by atoms with van der Waals surface area (Å²) in [5, 5.41) is 7.74. The zero-order valence-electron chi connectivity index (χ0n) is 9.08. The molecule has 84 valence electrons. The first-order chi connectivity index (χ1) is 7.45. The molecule has 0 amide bonds. The molecule has 0 saturated heterocycles. The van der Waals surface area contributed by atoms with Crippen molar-refractivity contribution in [3.8, 4) is 0 Å². The highest BCUT2D eigenvalue weighted by Gasteiger charge is 2.20. The SMILES string of the molecule is c1cc(CCNCCOCC2CC2)cs1. The van der Waals surface area contributed by atoms with E-state index in [0.29, 0.717) is 0 Å². The van der Waals surface area contributed by atoms with Crippen LogP contribution < -0.4 is 5.32 Å². The minimum atomic E-state index is 0.861. The van der Waals surface area contributed by atoms with Crippen LogP contribution in [0, 0.1) is 5.92 Å². The van der Waals surface area contributed by atoms with E-state index < -0.39 is 0 Å². The van der Waals surface area contributed by atoms with Crippen LogP contribution in [0.2, 0.25) is 0 Å². The molecule has 1 heterocycles. The maximum absolute atomic E-state index is 5.53. The number of ether oxygens (including phenoxy) is 1. The summed E-state index contributed by atoms with van der Waals surface area (Å²) in [6.07, 6.45) is 3.89. The molecule has 0 unspecified atom stereocenters. The van der Waals surface area contributed by atoms with Crippen molar-refractivity contribution in [3.05, 3.63) is 22.4 Å². The van der Waals surface area contributed by atoms with Gasteiger partial charge < -0.3 is 10.1 Å². The van der Waals surface area contributed by atoms with Gasteiger partial charge in [-0.3, -0.25) is 0 Å². The zero-order valence-corrected chi connectivity index (χ0v) is 9.89. The molecular formula is C12H19NOS. The third-order valence-corrected chi connectivity index (χ3v) is 3.38. The van der Waals surface area contributed by atoms with E-state index in [4.69, 9.17) is 4.74 Å². The topological polar surface area (TPSA) is 21.3 Å². The third-order valence-electron chi connectivity index (χ3n) is 2.64. The standard InChI is InChI=1S/C12H19NOS/c1-2-11(1)9-14-7-6-13-5-3-12-4-8-15-10-12/h4,8,10-11,13H,1-3,5-7,9H2. The Kier molecular flexibility index (Phi) is 4.64. The van der Waals surface area contributed by atoms with Crippen LogP contribution in [0.3, 0.4) is 0 Å². The van der Waals surface area contributed by atoms with Crippen LogP contribution in [-0.4, -0.2) is 26.3 Å². The maximum Gasteiger partial charge on any atom is 0.0591 e. The summed E-state index contributed by atoms with van der Waals surface area (Å²) in [5.41, 5.74) is 1.44. The van der Waals surface area contributed by atoms with Gasteiger partial charge in [-0.15, -0.1) is 0 Å². The van der Waals surface area contributed by atoms with Crippen molar-refractivity contribution in [1.82, 2.24) is 5.32 Å². The molecule has 1 aliphatic rings. The van der Waals surface area contributed by atoms with E-state index in [9.17, 15) is 0 Å². The summed E-state index contributed by atoms with van der Waals surface area (Å²) in [6, 6.07) is 2.19. The summed E-state index contributed by atoms with van der Waals surface area (Å²) in [6.45, 7) is 3.88. The number of hydrogen-bond donors (Lipinski definition) is 1. The zero-order chi connectivity index (χ0) is 10.3. The van der Waals surface area contributed by atoms with E-state index in [1.165, 1.54) is 18.4 Å². The quantitative estimate of drug-likeness (QED) is 0.686. The van der Waals surface area contributed by atoms with Gasteiger partial charge >= 0.3 is 0 Å². The van der Waals surface area contributed by atoms with Gasteiger partial charge in [-0.2, -0.15) is 11.3 Å². The van der Waals surface area contributed by atoms with Gasteiger partial charge in [-0.25, -0.2) is 0 Å². The van der Waals surface area contributed by atoms with E-state index in [0.717, 1.165) is 38.6 Å². The summed E-state index contributed by atoms with van der Waals surface area (Å²) < 4.78 is 5.53. The van der Waals surface area contributed by atoms with Crippen LogP contribution in [-0.2, 0) is 11.2 Å². The average Bonchev–Trinajstić information content (AvgIpc) is 2.92. The van der Waals surface area contributed by atoms with Crippen molar-refractivity contribution in [3.63, 3.8) is 0 Å². The Hall–Kier alpha value is -0.380. The molecule has 1 aliphatic carbocycles. The monoisotopic (exact) mass is 225 g/mol. The van der Waals surface area contributed by atoms with Crippen LogP contribution in [0.5, 0.6) is 0 Å². The van der Waals surface area contributed by atoms with Crippen LogP contribution in [0.25, 0.3) is 0 Å². The fourth-order valence-corrected chi connectivity index (χ4v) is 2.17. The molecule has 2 nitrogen and oxygen atoms in total. The van der Waals surface area contributed by atoms with Gasteiger partial charge in [0.25, 0.3) is 0 Å². The number of thiophene rings is 1. The Morgan fingerprint density at radius 3 is 3.07 bits per heavy atom.